The fourth-order valence-corrected chi connectivity index (χ4v) is 4.56. The Hall–Kier alpha value is -3.54. The zero-order chi connectivity index (χ0) is 20.9. The van der Waals surface area contributed by atoms with Crippen LogP contribution in [0.25, 0.3) is 21.9 Å². The van der Waals surface area contributed by atoms with Gasteiger partial charge in [0.15, 0.2) is 5.84 Å². The summed E-state index contributed by atoms with van der Waals surface area (Å²) in [5.41, 5.74) is 6.82. The Balaban J connectivity index is 1.50. The Kier molecular flexibility index (Phi) is 4.13. The average molecular weight is 412 g/mol. The molecule has 0 saturated heterocycles. The molecule has 1 amide bonds. The van der Waals surface area contributed by atoms with E-state index in [9.17, 15) is 4.79 Å². The van der Waals surface area contributed by atoms with Crippen LogP contribution in [0.5, 0.6) is 5.75 Å². The molecule has 6 rings (SSSR count). The first-order chi connectivity index (χ1) is 15.2. The molecular formula is C25H24N4O2. The molecule has 3 aromatic rings. The van der Waals surface area contributed by atoms with Crippen molar-refractivity contribution in [2.75, 3.05) is 16.8 Å². The quantitative estimate of drug-likeness (QED) is 0.665. The predicted molar refractivity (Wildman–Crippen MR) is 124 cm³/mol. The standard InChI is InChI=1S/C25H24N4O2/c1-15-25(30)28-27-24-14-31-23-12-20(18-10-9-16-5-2-3-6-17(16)11-18)21(13-22(23)29(15)24)26-19-7-4-8-19/h2-3,5-6,9-13,15,19,26H,4,7-8,14H2,1H3,(H,28,30). The molecule has 1 atom stereocenters. The van der Waals surface area contributed by atoms with Crippen molar-refractivity contribution in [2.45, 2.75) is 38.3 Å². The number of benzene rings is 3. The monoisotopic (exact) mass is 412 g/mol. The summed E-state index contributed by atoms with van der Waals surface area (Å²) in [5.74, 6) is 1.40. The molecule has 1 saturated carbocycles. The van der Waals surface area contributed by atoms with Crippen LogP contribution in [0.2, 0.25) is 0 Å². The second-order valence-corrected chi connectivity index (χ2v) is 8.54. The Labute approximate surface area is 180 Å². The van der Waals surface area contributed by atoms with Gasteiger partial charge < -0.3 is 15.0 Å². The number of nitrogens with zero attached hydrogens (tertiary/aromatic N) is 2. The summed E-state index contributed by atoms with van der Waals surface area (Å²) in [6, 6.07) is 19.4. The zero-order valence-electron chi connectivity index (χ0n) is 17.4. The van der Waals surface area contributed by atoms with Gasteiger partial charge in [0, 0.05) is 17.3 Å². The summed E-state index contributed by atoms with van der Waals surface area (Å²) in [4.78, 5) is 14.3. The van der Waals surface area contributed by atoms with Gasteiger partial charge in [-0.2, -0.15) is 5.10 Å². The average Bonchev–Trinajstić information content (AvgIpc) is 2.77. The van der Waals surface area contributed by atoms with Gasteiger partial charge in [0.05, 0.1) is 5.69 Å². The third-order valence-corrected chi connectivity index (χ3v) is 6.58. The summed E-state index contributed by atoms with van der Waals surface area (Å²) in [7, 11) is 0. The molecule has 0 aromatic heterocycles. The van der Waals surface area contributed by atoms with Crippen molar-refractivity contribution in [3.63, 3.8) is 0 Å². The molecule has 1 unspecified atom stereocenters. The van der Waals surface area contributed by atoms with Crippen molar-refractivity contribution in [2.24, 2.45) is 5.10 Å². The second-order valence-electron chi connectivity index (χ2n) is 8.54. The van der Waals surface area contributed by atoms with Crippen molar-refractivity contribution < 1.29 is 9.53 Å². The molecule has 1 aliphatic carbocycles. The molecule has 1 fully saturated rings. The van der Waals surface area contributed by atoms with Gasteiger partial charge in [-0.15, -0.1) is 0 Å². The summed E-state index contributed by atoms with van der Waals surface area (Å²) in [6.07, 6.45) is 3.62. The number of hydrogen-bond acceptors (Lipinski definition) is 5. The van der Waals surface area contributed by atoms with Crippen LogP contribution in [-0.4, -0.2) is 30.4 Å². The highest BCUT2D eigenvalue weighted by atomic mass is 16.5. The van der Waals surface area contributed by atoms with E-state index in [0.717, 1.165) is 34.1 Å². The predicted octanol–water partition coefficient (Wildman–Crippen LogP) is 4.50. The highest BCUT2D eigenvalue weighted by Gasteiger charge is 2.36. The van der Waals surface area contributed by atoms with E-state index in [4.69, 9.17) is 4.74 Å². The first kappa shape index (κ1) is 18.2. The highest BCUT2D eigenvalue weighted by Crippen LogP contribution is 2.44. The number of nitrogens with one attached hydrogen (secondary N) is 2. The van der Waals surface area contributed by atoms with Gasteiger partial charge >= 0.3 is 0 Å². The Morgan fingerprint density at radius 2 is 1.94 bits per heavy atom. The first-order valence-electron chi connectivity index (χ1n) is 10.9. The number of hydrogen-bond donors (Lipinski definition) is 2. The van der Waals surface area contributed by atoms with Crippen LogP contribution in [0.3, 0.4) is 0 Å². The van der Waals surface area contributed by atoms with Crippen molar-refractivity contribution in [3.8, 4) is 16.9 Å². The third kappa shape index (κ3) is 3.02. The van der Waals surface area contributed by atoms with E-state index < -0.39 is 0 Å². The molecule has 2 N–H and O–H groups in total. The maximum Gasteiger partial charge on any atom is 0.262 e. The molecule has 6 nitrogen and oxygen atoms in total. The molecule has 3 aliphatic rings. The number of rotatable bonds is 3. The van der Waals surface area contributed by atoms with Gasteiger partial charge in [0.1, 0.15) is 18.4 Å². The van der Waals surface area contributed by atoms with Crippen LogP contribution in [0, 0.1) is 0 Å². The number of hydrazone groups is 1. The van der Waals surface area contributed by atoms with Gasteiger partial charge in [0.2, 0.25) is 0 Å². The van der Waals surface area contributed by atoms with Crippen LogP contribution in [0.4, 0.5) is 11.4 Å². The minimum absolute atomic E-state index is 0.108. The second kappa shape index (κ2) is 7.01. The van der Waals surface area contributed by atoms with E-state index in [1.165, 1.54) is 30.0 Å². The molecule has 0 spiro atoms. The molecule has 0 bridgehead atoms. The number of fused-ring (bicyclic) bond motifs is 4. The van der Waals surface area contributed by atoms with Crippen LogP contribution in [-0.2, 0) is 4.79 Å². The van der Waals surface area contributed by atoms with Crippen LogP contribution in [0.15, 0.2) is 59.7 Å². The van der Waals surface area contributed by atoms with E-state index in [0.29, 0.717) is 12.6 Å². The minimum Gasteiger partial charge on any atom is -0.483 e. The Bertz CT molecular complexity index is 1230. The lowest BCUT2D eigenvalue weighted by molar-refractivity contribution is -0.122. The molecular weight excluding hydrogens is 388 g/mol. The zero-order valence-corrected chi connectivity index (χ0v) is 17.4. The lowest BCUT2D eigenvalue weighted by atomic mass is 9.91. The van der Waals surface area contributed by atoms with Crippen LogP contribution < -0.4 is 20.4 Å². The van der Waals surface area contributed by atoms with Crippen molar-refractivity contribution in [1.82, 2.24) is 5.43 Å². The van der Waals surface area contributed by atoms with E-state index in [1.807, 2.05) is 11.8 Å². The molecule has 2 aliphatic heterocycles. The molecule has 31 heavy (non-hydrogen) atoms. The van der Waals surface area contributed by atoms with Gasteiger partial charge in [-0.05, 0) is 60.7 Å². The van der Waals surface area contributed by atoms with Crippen LogP contribution in [0.1, 0.15) is 26.2 Å². The molecule has 156 valence electrons. The molecule has 6 heteroatoms. The number of carbonyl (C=O) groups is 1. The van der Waals surface area contributed by atoms with E-state index >= 15 is 0 Å². The van der Waals surface area contributed by atoms with Gasteiger partial charge in [0.25, 0.3) is 5.91 Å². The van der Waals surface area contributed by atoms with Crippen molar-refractivity contribution >= 4 is 33.9 Å². The fourth-order valence-electron chi connectivity index (χ4n) is 4.56. The minimum atomic E-state index is -0.335. The topological polar surface area (TPSA) is 66.0 Å². The third-order valence-electron chi connectivity index (χ3n) is 6.58. The van der Waals surface area contributed by atoms with Gasteiger partial charge in [-0.3, -0.25) is 4.79 Å². The normalized spacial score (nSPS) is 20.2. The fraction of sp³-hybridized carbons (Fsp3) is 0.280. The number of carbonyl (C=O) groups excluding carboxylic acids is 1. The summed E-state index contributed by atoms with van der Waals surface area (Å²) in [6.45, 7) is 2.24. The molecule has 2 heterocycles. The van der Waals surface area contributed by atoms with E-state index in [1.54, 1.807) is 0 Å². The number of amidine groups is 1. The summed E-state index contributed by atoms with van der Waals surface area (Å²) < 4.78 is 6.07. The lowest BCUT2D eigenvalue weighted by Gasteiger charge is -2.39. The maximum absolute atomic E-state index is 12.3. The number of ether oxygens (including phenoxy) is 1. The van der Waals surface area contributed by atoms with E-state index in [2.05, 4.69) is 70.4 Å². The molecule has 3 aromatic carbocycles. The SMILES string of the molecule is CC1C(=O)NN=C2COc3cc(-c4ccc5ccccc5c4)c(NC4CCC4)cc3N21. The summed E-state index contributed by atoms with van der Waals surface area (Å²) >= 11 is 0. The van der Waals surface area contributed by atoms with Crippen molar-refractivity contribution in [1.29, 1.82) is 0 Å². The summed E-state index contributed by atoms with van der Waals surface area (Å²) in [5, 5.41) is 10.4. The highest BCUT2D eigenvalue weighted by molar-refractivity contribution is 6.10. The Morgan fingerprint density at radius 3 is 2.74 bits per heavy atom. The van der Waals surface area contributed by atoms with Crippen LogP contribution >= 0.6 is 0 Å². The lowest BCUT2D eigenvalue weighted by Crippen LogP contribution is -2.55. The molecule has 0 radical (unpaired) electrons. The van der Waals surface area contributed by atoms with Crippen molar-refractivity contribution in [3.05, 3.63) is 54.6 Å². The smallest absolute Gasteiger partial charge is 0.262 e. The first-order valence-corrected chi connectivity index (χ1v) is 10.9. The van der Waals surface area contributed by atoms with E-state index in [-0.39, 0.29) is 11.9 Å². The number of anilines is 2. The Morgan fingerprint density at radius 1 is 1.10 bits per heavy atom. The van der Waals surface area contributed by atoms with Gasteiger partial charge in [-0.25, -0.2) is 5.43 Å². The largest absolute Gasteiger partial charge is 0.483 e. The maximum atomic E-state index is 12.3. The number of amides is 1. The van der Waals surface area contributed by atoms with Gasteiger partial charge in [-0.1, -0.05) is 36.4 Å².